The van der Waals surface area contributed by atoms with Gasteiger partial charge in [0.15, 0.2) is 5.58 Å². The van der Waals surface area contributed by atoms with Gasteiger partial charge in [-0.2, -0.15) is 0 Å². The van der Waals surface area contributed by atoms with Gasteiger partial charge in [-0.25, -0.2) is 0 Å². The van der Waals surface area contributed by atoms with Crippen molar-refractivity contribution < 1.29 is 4.42 Å². The van der Waals surface area contributed by atoms with Crippen LogP contribution in [0.2, 0.25) is 0 Å². The number of para-hydroxylation sites is 3. The average molecular weight is 1070 g/mol. The van der Waals surface area contributed by atoms with Crippen molar-refractivity contribution in [3.8, 4) is 61.6 Å². The Labute approximate surface area is 480 Å². The zero-order valence-corrected chi connectivity index (χ0v) is 45.6. The zero-order chi connectivity index (χ0) is 54.3. The summed E-state index contributed by atoms with van der Waals surface area (Å²) < 4.78 is 16.5. The lowest BCUT2D eigenvalue weighted by Crippen LogP contribution is -1.96. The van der Waals surface area contributed by atoms with Gasteiger partial charge < -0.3 is 18.1 Å². The highest BCUT2D eigenvalue weighted by Crippen LogP contribution is 2.46. The first-order valence-corrected chi connectivity index (χ1v) is 29.2. The largest absolute Gasteiger partial charge is 0.455 e. The van der Waals surface area contributed by atoms with E-state index in [1.807, 2.05) is 11.3 Å². The normalized spacial score (nSPS) is 12.1. The molecule has 0 aliphatic carbocycles. The Kier molecular flexibility index (Phi) is 9.93. The van der Waals surface area contributed by atoms with Gasteiger partial charge in [0, 0.05) is 75.6 Å². The molecule has 0 aliphatic rings. The number of aromatic nitrogens is 3. The first-order chi connectivity index (χ1) is 41.1. The predicted molar refractivity (Wildman–Crippen MR) is 351 cm³/mol. The third-order valence-electron chi connectivity index (χ3n) is 17.4. The first kappa shape index (κ1) is 46.1. The van der Waals surface area contributed by atoms with Crippen LogP contribution in [0.5, 0.6) is 0 Å². The van der Waals surface area contributed by atoms with E-state index in [0.29, 0.717) is 0 Å². The van der Waals surface area contributed by atoms with E-state index in [0.717, 1.165) is 83.3 Å². The van der Waals surface area contributed by atoms with Gasteiger partial charge in [-0.15, -0.1) is 11.3 Å². The fourth-order valence-corrected chi connectivity index (χ4v) is 14.7. The Morgan fingerprint density at radius 3 is 1.23 bits per heavy atom. The summed E-state index contributed by atoms with van der Waals surface area (Å²) in [5.74, 6) is 0. The summed E-state index contributed by atoms with van der Waals surface area (Å²) in [6.07, 6.45) is 0. The Hall–Kier alpha value is -10.7. The number of furan rings is 1. The lowest BCUT2D eigenvalue weighted by molar-refractivity contribution is 0.673. The summed E-state index contributed by atoms with van der Waals surface area (Å²) in [6.45, 7) is 0. The maximum atomic E-state index is 6.70. The molecule has 0 N–H and O–H groups in total. The number of hydrogen-bond acceptors (Lipinski definition) is 2. The highest BCUT2D eigenvalue weighted by Gasteiger charge is 2.22. The SMILES string of the molecule is c1ccc(-c2cc(-c3ccccc3)cc(-n3c4ccc(-c5ccc6c(c5)c5cc(-c7ccc8oc9c(ccc%10c%11ccccc%11sc%109)c8c7)ccc5n6-c5ccccc5)cc4c4cc5c(cc43)c3ccccc3n5-c3ccccc3)c2)cc1. The van der Waals surface area contributed by atoms with Gasteiger partial charge in [-0.1, -0.05) is 164 Å². The molecule has 0 saturated carbocycles. The zero-order valence-electron chi connectivity index (χ0n) is 44.8. The van der Waals surface area contributed by atoms with Crippen molar-refractivity contribution in [3.05, 3.63) is 285 Å². The number of rotatable bonds is 7. The summed E-state index contributed by atoms with van der Waals surface area (Å²) in [6, 6.07) is 105. The summed E-state index contributed by atoms with van der Waals surface area (Å²) in [5, 5.41) is 12.0. The first-order valence-electron chi connectivity index (χ1n) is 28.4. The van der Waals surface area contributed by atoms with E-state index < -0.39 is 0 Å². The Balaban J connectivity index is 0.853. The van der Waals surface area contributed by atoms with Crippen LogP contribution < -0.4 is 0 Å². The lowest BCUT2D eigenvalue weighted by atomic mass is 9.98. The van der Waals surface area contributed by atoms with Crippen LogP contribution in [0.25, 0.3) is 169 Å². The molecule has 0 radical (unpaired) electrons. The molecular formula is C78H47N3OS. The molecule has 18 aromatic rings. The Bertz CT molecular complexity index is 5610. The van der Waals surface area contributed by atoms with Crippen molar-refractivity contribution in [2.75, 3.05) is 0 Å². The fourth-order valence-electron chi connectivity index (χ4n) is 13.6. The number of nitrogens with zero attached hydrogens (tertiary/aromatic N) is 3. The van der Waals surface area contributed by atoms with Crippen molar-refractivity contribution >= 4 is 119 Å². The number of fused-ring (bicyclic) bond motifs is 16. The van der Waals surface area contributed by atoms with Crippen molar-refractivity contribution in [2.24, 2.45) is 0 Å². The Morgan fingerprint density at radius 1 is 0.229 bits per heavy atom. The van der Waals surface area contributed by atoms with Gasteiger partial charge in [-0.3, -0.25) is 0 Å². The lowest BCUT2D eigenvalue weighted by Gasteiger charge is -2.14. The van der Waals surface area contributed by atoms with E-state index in [2.05, 4.69) is 299 Å². The molecule has 5 heteroatoms. The van der Waals surface area contributed by atoms with Crippen LogP contribution in [0.4, 0.5) is 0 Å². The molecule has 386 valence electrons. The van der Waals surface area contributed by atoms with E-state index in [1.165, 1.54) is 85.8 Å². The molecule has 83 heavy (non-hydrogen) atoms. The number of benzene rings is 13. The molecule has 0 unspecified atom stereocenters. The minimum Gasteiger partial charge on any atom is -0.455 e. The smallest absolute Gasteiger partial charge is 0.153 e. The average Bonchev–Trinajstić information content (AvgIpc) is 3.13. The van der Waals surface area contributed by atoms with Crippen LogP contribution in [0.3, 0.4) is 0 Å². The van der Waals surface area contributed by atoms with Crippen LogP contribution in [-0.2, 0) is 0 Å². The Morgan fingerprint density at radius 2 is 0.651 bits per heavy atom. The third-order valence-corrected chi connectivity index (χ3v) is 18.6. The molecule has 0 bridgehead atoms. The third kappa shape index (κ3) is 7.05. The monoisotopic (exact) mass is 1070 g/mol. The molecule has 4 nitrogen and oxygen atoms in total. The molecule has 0 fully saturated rings. The standard InChI is InChI=1S/C78H47N3OS/c1-5-17-48(18-6-1)54-39-55(49-19-7-2-8-20-49)41-58(40-54)81-72-37-31-51(44-65(72)67-47-73-66(46-74(67)81)59-25-13-15-27-69(59)80(73)57-23-11-4-12-24-57)50-29-35-70-63(42-50)64-43-52(30-36-71(64)79(70)56-21-9-3-10-22-56)53-32-38-75-68(45-53)61-33-34-62-60-26-14-16-28-76(60)83-78(62)77(61)82-75/h1-47H. The van der Waals surface area contributed by atoms with Crippen molar-refractivity contribution in [1.29, 1.82) is 0 Å². The summed E-state index contributed by atoms with van der Waals surface area (Å²) in [4.78, 5) is 0. The highest BCUT2D eigenvalue weighted by molar-refractivity contribution is 7.26. The van der Waals surface area contributed by atoms with Gasteiger partial charge in [0.1, 0.15) is 5.58 Å². The van der Waals surface area contributed by atoms with E-state index in [-0.39, 0.29) is 0 Å². The van der Waals surface area contributed by atoms with Crippen molar-refractivity contribution in [3.63, 3.8) is 0 Å². The molecule has 0 aliphatic heterocycles. The summed E-state index contributed by atoms with van der Waals surface area (Å²) >= 11 is 1.81. The van der Waals surface area contributed by atoms with E-state index in [1.54, 1.807) is 0 Å². The van der Waals surface area contributed by atoms with E-state index >= 15 is 0 Å². The van der Waals surface area contributed by atoms with Crippen molar-refractivity contribution in [1.82, 2.24) is 13.7 Å². The minimum atomic E-state index is 0.904. The fraction of sp³-hybridized carbons (Fsp3) is 0. The maximum Gasteiger partial charge on any atom is 0.153 e. The number of hydrogen-bond donors (Lipinski definition) is 0. The van der Waals surface area contributed by atoms with Gasteiger partial charge >= 0.3 is 0 Å². The topological polar surface area (TPSA) is 27.9 Å². The summed E-state index contributed by atoms with van der Waals surface area (Å²) in [5.41, 5.74) is 21.6. The molecule has 5 aromatic heterocycles. The van der Waals surface area contributed by atoms with Crippen LogP contribution in [-0.4, -0.2) is 13.7 Å². The second kappa shape index (κ2) is 17.9. The molecule has 13 aromatic carbocycles. The molecular weight excluding hydrogens is 1030 g/mol. The second-order valence-corrected chi connectivity index (χ2v) is 23.1. The predicted octanol–water partition coefficient (Wildman–Crippen LogP) is 21.9. The van der Waals surface area contributed by atoms with Gasteiger partial charge in [0.25, 0.3) is 0 Å². The van der Waals surface area contributed by atoms with Crippen LogP contribution in [0.15, 0.2) is 290 Å². The van der Waals surface area contributed by atoms with Crippen molar-refractivity contribution in [2.45, 2.75) is 0 Å². The molecule has 18 rings (SSSR count). The minimum absolute atomic E-state index is 0.904. The van der Waals surface area contributed by atoms with Gasteiger partial charge in [-0.05, 0) is 166 Å². The molecule has 0 spiro atoms. The molecule has 0 saturated heterocycles. The number of thiophene rings is 1. The molecule has 0 amide bonds. The van der Waals surface area contributed by atoms with Gasteiger partial charge in [0.2, 0.25) is 0 Å². The van der Waals surface area contributed by atoms with E-state index in [4.69, 9.17) is 4.42 Å². The summed E-state index contributed by atoms with van der Waals surface area (Å²) in [7, 11) is 0. The second-order valence-electron chi connectivity index (χ2n) is 22.0. The van der Waals surface area contributed by atoms with E-state index in [9.17, 15) is 0 Å². The highest BCUT2D eigenvalue weighted by atomic mass is 32.1. The molecule has 5 heterocycles. The quantitative estimate of drug-likeness (QED) is 0.156. The van der Waals surface area contributed by atoms with Crippen LogP contribution in [0, 0.1) is 0 Å². The van der Waals surface area contributed by atoms with Crippen LogP contribution in [0.1, 0.15) is 0 Å². The van der Waals surface area contributed by atoms with Crippen LogP contribution >= 0.6 is 11.3 Å². The maximum absolute atomic E-state index is 6.70. The van der Waals surface area contributed by atoms with Gasteiger partial charge in [0.05, 0.1) is 37.8 Å². The molecule has 0 atom stereocenters.